The maximum Gasteiger partial charge on any atom is 0.337 e. The first-order chi connectivity index (χ1) is 10.0. The standard InChI is InChI=1S/C15H14BrNO4/c16-8-5-6-11(15(20)21)12(7-8)17-13(18)9-3-1-2-4-10(9)14(17)19/h5-7,9-10H,1-4H2,(H,20,21). The van der Waals surface area contributed by atoms with E-state index in [0.717, 1.165) is 17.7 Å². The number of imide groups is 1. The van der Waals surface area contributed by atoms with Crippen molar-refractivity contribution < 1.29 is 19.5 Å². The highest BCUT2D eigenvalue weighted by Crippen LogP contribution is 2.41. The normalized spacial score (nSPS) is 25.1. The van der Waals surface area contributed by atoms with Crippen molar-refractivity contribution in [2.24, 2.45) is 11.8 Å². The first-order valence-corrected chi connectivity index (χ1v) is 7.70. The molecule has 1 aliphatic heterocycles. The van der Waals surface area contributed by atoms with Gasteiger partial charge in [-0.05, 0) is 31.0 Å². The lowest BCUT2D eigenvalue weighted by Gasteiger charge is -2.19. The van der Waals surface area contributed by atoms with Crippen molar-refractivity contribution in [1.82, 2.24) is 0 Å². The van der Waals surface area contributed by atoms with E-state index in [9.17, 15) is 19.5 Å². The second-order valence-electron chi connectivity index (χ2n) is 5.48. The molecule has 2 unspecified atom stereocenters. The summed E-state index contributed by atoms with van der Waals surface area (Å²) in [7, 11) is 0. The fourth-order valence-electron chi connectivity index (χ4n) is 3.27. The summed E-state index contributed by atoms with van der Waals surface area (Å²) < 4.78 is 0.637. The number of amides is 2. The monoisotopic (exact) mass is 351 g/mol. The topological polar surface area (TPSA) is 74.7 Å². The quantitative estimate of drug-likeness (QED) is 0.831. The number of carbonyl (C=O) groups excluding carboxylic acids is 2. The Morgan fingerprint density at radius 3 is 2.24 bits per heavy atom. The van der Waals surface area contributed by atoms with Crippen LogP contribution in [0.15, 0.2) is 22.7 Å². The molecular formula is C15H14BrNO4. The van der Waals surface area contributed by atoms with Gasteiger partial charge in [0.1, 0.15) is 0 Å². The van der Waals surface area contributed by atoms with Crippen LogP contribution in [0.3, 0.4) is 0 Å². The minimum Gasteiger partial charge on any atom is -0.478 e. The molecule has 5 nitrogen and oxygen atoms in total. The molecule has 0 spiro atoms. The Bertz CT molecular complexity index is 619. The van der Waals surface area contributed by atoms with E-state index in [2.05, 4.69) is 15.9 Å². The van der Waals surface area contributed by atoms with E-state index >= 15 is 0 Å². The molecule has 3 rings (SSSR count). The van der Waals surface area contributed by atoms with Crippen molar-refractivity contribution in [2.45, 2.75) is 25.7 Å². The van der Waals surface area contributed by atoms with Crippen LogP contribution >= 0.6 is 15.9 Å². The third-order valence-electron chi connectivity index (χ3n) is 4.27. The maximum absolute atomic E-state index is 12.5. The molecule has 2 aliphatic rings. The molecule has 1 saturated heterocycles. The largest absolute Gasteiger partial charge is 0.478 e. The molecule has 0 bridgehead atoms. The zero-order chi connectivity index (χ0) is 15.1. The van der Waals surface area contributed by atoms with Gasteiger partial charge in [0.2, 0.25) is 11.8 Å². The molecule has 1 aromatic carbocycles. The van der Waals surface area contributed by atoms with Gasteiger partial charge in [0, 0.05) is 4.47 Å². The second-order valence-corrected chi connectivity index (χ2v) is 6.39. The van der Waals surface area contributed by atoms with Crippen LogP contribution in [0.25, 0.3) is 0 Å². The van der Waals surface area contributed by atoms with Crippen molar-refractivity contribution in [3.63, 3.8) is 0 Å². The highest BCUT2D eigenvalue weighted by Gasteiger charge is 2.49. The second kappa shape index (κ2) is 5.26. The molecule has 0 radical (unpaired) electrons. The summed E-state index contributed by atoms with van der Waals surface area (Å²) in [4.78, 5) is 37.5. The maximum atomic E-state index is 12.5. The zero-order valence-corrected chi connectivity index (χ0v) is 12.8. The molecule has 1 aliphatic carbocycles. The van der Waals surface area contributed by atoms with E-state index in [1.165, 1.54) is 12.1 Å². The SMILES string of the molecule is O=C(O)c1ccc(Br)cc1N1C(=O)C2CCCCC2C1=O. The number of fused-ring (bicyclic) bond motifs is 1. The van der Waals surface area contributed by atoms with Gasteiger partial charge in [-0.2, -0.15) is 0 Å². The van der Waals surface area contributed by atoms with Crippen LogP contribution in [-0.2, 0) is 9.59 Å². The number of hydrogen-bond donors (Lipinski definition) is 1. The van der Waals surface area contributed by atoms with Crippen molar-refractivity contribution in [1.29, 1.82) is 0 Å². The van der Waals surface area contributed by atoms with E-state index in [0.29, 0.717) is 17.3 Å². The number of carbonyl (C=O) groups is 3. The number of nitrogens with zero attached hydrogens (tertiary/aromatic N) is 1. The Labute approximate surface area is 130 Å². The van der Waals surface area contributed by atoms with Crippen molar-refractivity contribution >= 4 is 39.4 Å². The minimum absolute atomic E-state index is 0.0291. The molecular weight excluding hydrogens is 338 g/mol. The molecule has 6 heteroatoms. The lowest BCUT2D eigenvalue weighted by molar-refractivity contribution is -0.122. The molecule has 1 saturated carbocycles. The van der Waals surface area contributed by atoms with Crippen molar-refractivity contribution in [3.8, 4) is 0 Å². The highest BCUT2D eigenvalue weighted by molar-refractivity contribution is 9.10. The van der Waals surface area contributed by atoms with Gasteiger partial charge in [-0.15, -0.1) is 0 Å². The summed E-state index contributed by atoms with van der Waals surface area (Å²) >= 11 is 3.27. The van der Waals surface area contributed by atoms with Crippen LogP contribution < -0.4 is 4.90 Å². The number of halogens is 1. The predicted octanol–water partition coefficient (Wildman–Crippen LogP) is 2.83. The Morgan fingerprint density at radius 1 is 1.14 bits per heavy atom. The number of aromatic carboxylic acids is 1. The molecule has 1 heterocycles. The van der Waals surface area contributed by atoms with Crippen LogP contribution in [0.2, 0.25) is 0 Å². The molecule has 2 atom stereocenters. The summed E-state index contributed by atoms with van der Waals surface area (Å²) in [6.45, 7) is 0. The van der Waals surface area contributed by atoms with Gasteiger partial charge in [-0.1, -0.05) is 28.8 Å². The van der Waals surface area contributed by atoms with E-state index in [4.69, 9.17) is 0 Å². The molecule has 1 N–H and O–H groups in total. The number of anilines is 1. The number of hydrogen-bond acceptors (Lipinski definition) is 3. The number of carboxylic acids is 1. The first kappa shape index (κ1) is 14.3. The molecule has 0 aromatic heterocycles. The van der Waals surface area contributed by atoms with Gasteiger partial charge in [0.15, 0.2) is 0 Å². The summed E-state index contributed by atoms with van der Waals surface area (Å²) in [6, 6.07) is 4.52. The fraction of sp³-hybridized carbons (Fsp3) is 0.400. The van der Waals surface area contributed by atoms with Gasteiger partial charge in [-0.3, -0.25) is 9.59 Å². The lowest BCUT2D eigenvalue weighted by Crippen LogP contribution is -2.32. The molecule has 1 aromatic rings. The van der Waals surface area contributed by atoms with Crippen LogP contribution in [0.5, 0.6) is 0 Å². The van der Waals surface area contributed by atoms with Gasteiger partial charge in [0.05, 0.1) is 23.1 Å². The van der Waals surface area contributed by atoms with Gasteiger partial charge in [-0.25, -0.2) is 9.69 Å². The van der Waals surface area contributed by atoms with E-state index < -0.39 is 5.97 Å². The highest BCUT2D eigenvalue weighted by atomic mass is 79.9. The smallest absolute Gasteiger partial charge is 0.337 e. The minimum atomic E-state index is -1.15. The fourth-order valence-corrected chi connectivity index (χ4v) is 3.62. The number of carboxylic acid groups (broad SMARTS) is 1. The number of benzene rings is 1. The van der Waals surface area contributed by atoms with Gasteiger partial charge in [0.25, 0.3) is 0 Å². The Kier molecular flexibility index (Phi) is 3.57. The molecule has 2 fully saturated rings. The number of rotatable bonds is 2. The third-order valence-corrected chi connectivity index (χ3v) is 4.77. The van der Waals surface area contributed by atoms with E-state index in [-0.39, 0.29) is 34.9 Å². The Morgan fingerprint density at radius 2 is 1.71 bits per heavy atom. The molecule has 21 heavy (non-hydrogen) atoms. The average Bonchev–Trinajstić information content (AvgIpc) is 2.71. The van der Waals surface area contributed by atoms with Crippen LogP contribution in [0.1, 0.15) is 36.0 Å². The van der Waals surface area contributed by atoms with Crippen molar-refractivity contribution in [2.75, 3.05) is 4.90 Å². The average molecular weight is 352 g/mol. The Balaban J connectivity index is 2.08. The van der Waals surface area contributed by atoms with Crippen LogP contribution in [0, 0.1) is 11.8 Å². The summed E-state index contributed by atoms with van der Waals surface area (Å²) in [5.74, 6) is -2.23. The van der Waals surface area contributed by atoms with E-state index in [1.54, 1.807) is 6.07 Å². The van der Waals surface area contributed by atoms with Gasteiger partial charge >= 0.3 is 5.97 Å². The third kappa shape index (κ3) is 2.27. The summed E-state index contributed by atoms with van der Waals surface area (Å²) in [5.41, 5.74) is 0.139. The summed E-state index contributed by atoms with van der Waals surface area (Å²) in [6.07, 6.45) is 3.31. The van der Waals surface area contributed by atoms with E-state index in [1.807, 2.05) is 0 Å². The van der Waals surface area contributed by atoms with Crippen LogP contribution in [0.4, 0.5) is 5.69 Å². The molecule has 110 valence electrons. The van der Waals surface area contributed by atoms with Gasteiger partial charge < -0.3 is 5.11 Å². The summed E-state index contributed by atoms with van der Waals surface area (Å²) in [5, 5.41) is 9.28. The van der Waals surface area contributed by atoms with Crippen molar-refractivity contribution in [3.05, 3.63) is 28.2 Å². The zero-order valence-electron chi connectivity index (χ0n) is 11.2. The van der Waals surface area contributed by atoms with Crippen LogP contribution in [-0.4, -0.2) is 22.9 Å². The first-order valence-electron chi connectivity index (χ1n) is 6.91. The molecule has 2 amide bonds. The predicted molar refractivity (Wildman–Crippen MR) is 79.0 cm³/mol. The Hall–Kier alpha value is -1.69. The lowest BCUT2D eigenvalue weighted by atomic mass is 9.81.